The van der Waals surface area contributed by atoms with Crippen molar-refractivity contribution in [3.05, 3.63) is 95.5 Å². The minimum atomic E-state index is -3.57. The van der Waals surface area contributed by atoms with Crippen molar-refractivity contribution >= 4 is 10.1 Å². The molecule has 4 nitrogen and oxygen atoms in total. The molecule has 0 bridgehead atoms. The third-order valence-corrected chi connectivity index (χ3v) is 4.11. The molecule has 0 aromatic heterocycles. The molecule has 0 unspecified atom stereocenters. The Hall–Kier alpha value is -2.53. The lowest BCUT2D eigenvalue weighted by molar-refractivity contribution is 0.219. The van der Waals surface area contributed by atoms with Gasteiger partial charge in [-0.1, -0.05) is 60.7 Å². The smallest absolute Gasteiger partial charge is 0.306 e. The molecule has 0 fully saturated rings. The molecule has 5 heteroatoms. The Bertz CT molecular complexity index is 813. The summed E-state index contributed by atoms with van der Waals surface area (Å²) in [5.74, 6) is 0.823. The van der Waals surface area contributed by atoms with Gasteiger partial charge in [0, 0.05) is 6.08 Å². The van der Waals surface area contributed by atoms with Crippen molar-refractivity contribution < 1.29 is 17.3 Å². The Balaban J connectivity index is 2.02. The zero-order valence-electron chi connectivity index (χ0n) is 13.3. The third kappa shape index (κ3) is 4.06. The van der Waals surface area contributed by atoms with Crippen molar-refractivity contribution in [1.29, 1.82) is 0 Å². The average molecular weight is 342 g/mol. The highest BCUT2D eigenvalue weighted by Crippen LogP contribution is 2.34. The van der Waals surface area contributed by atoms with Crippen molar-refractivity contribution in [1.82, 2.24) is 0 Å². The zero-order chi connectivity index (χ0) is 17.0. The largest absolute Gasteiger partial charge is 0.493 e. The number of rotatable bonds is 5. The molecule has 0 atom stereocenters. The Morgan fingerprint density at radius 1 is 0.958 bits per heavy atom. The van der Waals surface area contributed by atoms with Crippen molar-refractivity contribution in [3.8, 4) is 0 Å². The SMILES string of the molecule is CS(=O)(=O)OC1=CCOC(C(c2ccccc2)c2ccccc2)=C1. The molecule has 1 aliphatic rings. The first-order chi connectivity index (χ1) is 11.5. The van der Waals surface area contributed by atoms with Crippen LogP contribution in [-0.4, -0.2) is 21.3 Å². The van der Waals surface area contributed by atoms with Gasteiger partial charge in [0.1, 0.15) is 18.1 Å². The molecule has 0 saturated heterocycles. The summed E-state index contributed by atoms with van der Waals surface area (Å²) in [6.45, 7) is 0.271. The van der Waals surface area contributed by atoms with Crippen LogP contribution in [0.15, 0.2) is 84.3 Å². The Morgan fingerprint density at radius 2 is 1.50 bits per heavy atom. The van der Waals surface area contributed by atoms with Crippen molar-refractivity contribution in [2.24, 2.45) is 0 Å². The first kappa shape index (κ1) is 16.3. The second kappa shape index (κ2) is 6.93. The lowest BCUT2D eigenvalue weighted by atomic mass is 9.89. The molecule has 2 aromatic rings. The molecule has 0 saturated carbocycles. The predicted molar refractivity (Wildman–Crippen MR) is 92.8 cm³/mol. The van der Waals surface area contributed by atoms with Gasteiger partial charge in [-0.3, -0.25) is 0 Å². The lowest BCUT2D eigenvalue weighted by Gasteiger charge is -2.24. The van der Waals surface area contributed by atoms with Crippen LogP contribution in [0.2, 0.25) is 0 Å². The lowest BCUT2D eigenvalue weighted by Crippen LogP contribution is -2.13. The highest BCUT2D eigenvalue weighted by atomic mass is 32.2. The summed E-state index contributed by atoms with van der Waals surface area (Å²) in [4.78, 5) is 0. The molecule has 0 N–H and O–H groups in total. The van der Waals surface area contributed by atoms with E-state index in [1.165, 1.54) is 0 Å². The van der Waals surface area contributed by atoms with Crippen LogP contribution < -0.4 is 0 Å². The maximum Gasteiger partial charge on any atom is 0.306 e. The number of hydrogen-bond acceptors (Lipinski definition) is 4. The van der Waals surface area contributed by atoms with Crippen LogP contribution in [0.3, 0.4) is 0 Å². The molecular formula is C19H18O4S. The normalized spacial score (nSPS) is 14.6. The van der Waals surface area contributed by atoms with E-state index in [0.29, 0.717) is 5.76 Å². The van der Waals surface area contributed by atoms with Crippen LogP contribution in [0, 0.1) is 0 Å². The fourth-order valence-electron chi connectivity index (χ4n) is 2.67. The van der Waals surface area contributed by atoms with E-state index in [4.69, 9.17) is 8.92 Å². The summed E-state index contributed by atoms with van der Waals surface area (Å²) in [6.07, 6.45) is 4.29. The summed E-state index contributed by atoms with van der Waals surface area (Å²) in [6, 6.07) is 19.9. The molecule has 3 rings (SSSR count). The molecule has 0 spiro atoms. The minimum Gasteiger partial charge on any atom is -0.493 e. The molecule has 0 amide bonds. The fraction of sp³-hybridized carbons (Fsp3) is 0.158. The van der Waals surface area contributed by atoms with Gasteiger partial charge in [-0.05, 0) is 17.2 Å². The van der Waals surface area contributed by atoms with E-state index >= 15 is 0 Å². The van der Waals surface area contributed by atoms with Crippen molar-refractivity contribution in [2.75, 3.05) is 12.9 Å². The molecule has 1 aliphatic heterocycles. The molecule has 0 radical (unpaired) electrons. The zero-order valence-corrected chi connectivity index (χ0v) is 14.1. The van der Waals surface area contributed by atoms with Crippen molar-refractivity contribution in [3.63, 3.8) is 0 Å². The number of ether oxygens (including phenoxy) is 1. The minimum absolute atomic E-state index is 0.126. The van der Waals surface area contributed by atoms with E-state index in [1.807, 2.05) is 60.7 Å². The molecule has 124 valence electrons. The quantitative estimate of drug-likeness (QED) is 0.779. The van der Waals surface area contributed by atoms with Gasteiger partial charge in [0.25, 0.3) is 0 Å². The first-order valence-corrected chi connectivity index (χ1v) is 9.38. The van der Waals surface area contributed by atoms with Gasteiger partial charge in [0.15, 0.2) is 0 Å². The summed E-state index contributed by atoms with van der Waals surface area (Å²) < 4.78 is 33.6. The standard InChI is InChI=1S/C19H18O4S/c1-24(20,21)23-17-12-13-22-18(14-17)19(15-8-4-2-5-9-15)16-10-6-3-7-11-16/h2-12,14,19H,13H2,1H3. The van der Waals surface area contributed by atoms with Gasteiger partial charge < -0.3 is 8.92 Å². The molecule has 0 aliphatic carbocycles. The summed E-state index contributed by atoms with van der Waals surface area (Å²) in [7, 11) is -3.57. The van der Waals surface area contributed by atoms with Crippen LogP contribution in [0.25, 0.3) is 0 Å². The Labute approximate surface area is 142 Å². The maximum absolute atomic E-state index is 11.4. The molecule has 2 aromatic carbocycles. The topological polar surface area (TPSA) is 52.6 Å². The second-order valence-electron chi connectivity index (χ2n) is 5.51. The molecular weight excluding hydrogens is 324 g/mol. The van der Waals surface area contributed by atoms with Crippen LogP contribution in [0.5, 0.6) is 0 Å². The fourth-order valence-corrected chi connectivity index (χ4v) is 3.14. The van der Waals surface area contributed by atoms with Crippen molar-refractivity contribution in [2.45, 2.75) is 5.92 Å². The molecule has 24 heavy (non-hydrogen) atoms. The number of hydrogen-bond donors (Lipinski definition) is 0. The van der Waals surface area contributed by atoms with Gasteiger partial charge in [0.05, 0.1) is 12.2 Å². The third-order valence-electron chi connectivity index (χ3n) is 3.62. The van der Waals surface area contributed by atoms with Gasteiger partial charge in [0.2, 0.25) is 0 Å². The highest BCUT2D eigenvalue weighted by molar-refractivity contribution is 7.86. The molecule has 1 heterocycles. The Kier molecular flexibility index (Phi) is 4.71. The van der Waals surface area contributed by atoms with E-state index in [-0.39, 0.29) is 18.3 Å². The van der Waals surface area contributed by atoms with Crippen LogP contribution >= 0.6 is 0 Å². The monoisotopic (exact) mass is 342 g/mol. The van der Waals surface area contributed by atoms with Crippen LogP contribution in [-0.2, 0) is 19.0 Å². The maximum atomic E-state index is 11.4. The van der Waals surface area contributed by atoms with E-state index in [0.717, 1.165) is 17.4 Å². The average Bonchev–Trinajstić information content (AvgIpc) is 2.56. The number of benzene rings is 2. The van der Waals surface area contributed by atoms with E-state index < -0.39 is 10.1 Å². The van der Waals surface area contributed by atoms with Crippen LogP contribution in [0.4, 0.5) is 0 Å². The summed E-state index contributed by atoms with van der Waals surface area (Å²) in [5, 5.41) is 0. The van der Waals surface area contributed by atoms with E-state index in [9.17, 15) is 8.42 Å². The van der Waals surface area contributed by atoms with Gasteiger partial charge in [-0.15, -0.1) is 0 Å². The van der Waals surface area contributed by atoms with Gasteiger partial charge in [-0.2, -0.15) is 8.42 Å². The first-order valence-electron chi connectivity index (χ1n) is 7.57. The summed E-state index contributed by atoms with van der Waals surface area (Å²) >= 11 is 0. The summed E-state index contributed by atoms with van der Waals surface area (Å²) in [5.41, 5.74) is 2.13. The number of allylic oxidation sites excluding steroid dienone is 2. The van der Waals surface area contributed by atoms with E-state index in [1.54, 1.807) is 12.2 Å². The van der Waals surface area contributed by atoms with Gasteiger partial charge in [-0.25, -0.2) is 0 Å². The van der Waals surface area contributed by atoms with E-state index in [2.05, 4.69) is 0 Å². The highest BCUT2D eigenvalue weighted by Gasteiger charge is 2.23. The van der Waals surface area contributed by atoms with Gasteiger partial charge >= 0.3 is 10.1 Å². The second-order valence-corrected chi connectivity index (χ2v) is 7.08. The Morgan fingerprint density at radius 3 is 2.00 bits per heavy atom. The van der Waals surface area contributed by atoms with Crippen LogP contribution in [0.1, 0.15) is 17.0 Å². The predicted octanol–water partition coefficient (Wildman–Crippen LogP) is 3.59.